The molecule has 19 heavy (non-hydrogen) atoms. The number of carbonyl (C=O) groups is 3. The third-order valence-electron chi connectivity index (χ3n) is 2.31. The van der Waals surface area contributed by atoms with Crippen LogP contribution in [0.15, 0.2) is 24.3 Å². The number of nitrogens with two attached hydrogens (primary N) is 1. The lowest BCUT2D eigenvalue weighted by Gasteiger charge is -2.05. The highest BCUT2D eigenvalue weighted by molar-refractivity contribution is 5.95. The largest absolute Gasteiger partial charge is 0.466 e. The molecule has 0 aliphatic carbocycles. The van der Waals surface area contributed by atoms with E-state index in [9.17, 15) is 14.4 Å². The van der Waals surface area contributed by atoms with Gasteiger partial charge in [0, 0.05) is 17.7 Å². The molecular formula is C13H16N2O4. The zero-order valence-electron chi connectivity index (χ0n) is 10.6. The van der Waals surface area contributed by atoms with E-state index < -0.39 is 11.9 Å². The topological polar surface area (TPSA) is 98.5 Å². The van der Waals surface area contributed by atoms with E-state index >= 15 is 0 Å². The van der Waals surface area contributed by atoms with E-state index in [2.05, 4.69) is 5.32 Å². The number of hydrogen-bond donors (Lipinski definition) is 2. The summed E-state index contributed by atoms with van der Waals surface area (Å²) in [5, 5.41) is 2.61. The van der Waals surface area contributed by atoms with Gasteiger partial charge in [0.25, 0.3) is 0 Å². The third kappa shape index (κ3) is 5.20. The fourth-order valence-corrected chi connectivity index (χ4v) is 1.39. The molecule has 1 aromatic carbocycles. The molecule has 3 N–H and O–H groups in total. The molecule has 0 aromatic heterocycles. The van der Waals surface area contributed by atoms with Crippen molar-refractivity contribution in [3.63, 3.8) is 0 Å². The van der Waals surface area contributed by atoms with Crippen LogP contribution in [-0.4, -0.2) is 24.4 Å². The van der Waals surface area contributed by atoms with E-state index in [4.69, 9.17) is 10.5 Å². The van der Waals surface area contributed by atoms with Crippen molar-refractivity contribution in [1.29, 1.82) is 0 Å². The maximum atomic E-state index is 11.5. The number of ether oxygens (including phenoxy) is 1. The number of amides is 2. The summed E-state index contributed by atoms with van der Waals surface area (Å²) in [6.45, 7) is 2.01. The maximum Gasteiger partial charge on any atom is 0.306 e. The van der Waals surface area contributed by atoms with Crippen molar-refractivity contribution < 1.29 is 19.1 Å². The number of hydrogen-bond acceptors (Lipinski definition) is 4. The Bertz CT molecular complexity index is 468. The minimum atomic E-state index is -0.528. The van der Waals surface area contributed by atoms with Gasteiger partial charge in [0.05, 0.1) is 13.0 Å². The molecule has 0 saturated heterocycles. The molecule has 0 radical (unpaired) electrons. The fourth-order valence-electron chi connectivity index (χ4n) is 1.39. The van der Waals surface area contributed by atoms with Gasteiger partial charge >= 0.3 is 5.97 Å². The second-order valence-electron chi connectivity index (χ2n) is 3.79. The Morgan fingerprint density at radius 2 is 1.79 bits per heavy atom. The first-order valence-corrected chi connectivity index (χ1v) is 5.88. The monoisotopic (exact) mass is 264 g/mol. The van der Waals surface area contributed by atoms with Gasteiger partial charge in [-0.3, -0.25) is 14.4 Å². The van der Waals surface area contributed by atoms with Crippen LogP contribution in [0.3, 0.4) is 0 Å². The first kappa shape index (κ1) is 14.7. The van der Waals surface area contributed by atoms with Gasteiger partial charge in [0.1, 0.15) is 0 Å². The van der Waals surface area contributed by atoms with Gasteiger partial charge < -0.3 is 15.8 Å². The van der Waals surface area contributed by atoms with Gasteiger partial charge in [-0.2, -0.15) is 0 Å². The Kier molecular flexibility index (Phi) is 5.53. The lowest BCUT2D eigenvalue weighted by molar-refractivity contribution is -0.144. The average molecular weight is 264 g/mol. The highest BCUT2D eigenvalue weighted by atomic mass is 16.5. The molecule has 6 heteroatoms. The van der Waals surface area contributed by atoms with Crippen LogP contribution in [0.2, 0.25) is 0 Å². The predicted octanol–water partition coefficient (Wildman–Crippen LogP) is 1.07. The smallest absolute Gasteiger partial charge is 0.306 e. The summed E-state index contributed by atoms with van der Waals surface area (Å²) in [5.74, 6) is -1.22. The van der Waals surface area contributed by atoms with E-state index in [1.165, 1.54) is 12.1 Å². The quantitative estimate of drug-likeness (QED) is 0.751. The SMILES string of the molecule is CCOC(=O)CCC(=O)Nc1ccc(C(N)=O)cc1. The van der Waals surface area contributed by atoms with Crippen LogP contribution >= 0.6 is 0 Å². The van der Waals surface area contributed by atoms with Crippen LogP contribution < -0.4 is 11.1 Å². The molecule has 2 amide bonds. The minimum Gasteiger partial charge on any atom is -0.466 e. The normalized spacial score (nSPS) is 9.74. The van der Waals surface area contributed by atoms with Crippen LogP contribution in [0.25, 0.3) is 0 Å². The summed E-state index contributed by atoms with van der Waals surface area (Å²) < 4.78 is 4.71. The number of benzene rings is 1. The summed E-state index contributed by atoms with van der Waals surface area (Å²) in [4.78, 5) is 33.5. The molecule has 6 nitrogen and oxygen atoms in total. The molecular weight excluding hydrogens is 248 g/mol. The predicted molar refractivity (Wildman–Crippen MR) is 69.5 cm³/mol. The Morgan fingerprint density at radius 3 is 2.32 bits per heavy atom. The van der Waals surface area contributed by atoms with Gasteiger partial charge in [-0.05, 0) is 31.2 Å². The first-order chi connectivity index (χ1) is 9.02. The summed E-state index contributed by atoms with van der Waals surface area (Å²) in [6.07, 6.45) is 0.0927. The minimum absolute atomic E-state index is 0.0407. The summed E-state index contributed by atoms with van der Waals surface area (Å²) in [6, 6.07) is 6.18. The summed E-state index contributed by atoms with van der Waals surface area (Å²) in [5.41, 5.74) is 6.00. The second-order valence-corrected chi connectivity index (χ2v) is 3.79. The number of rotatable bonds is 6. The van der Waals surface area contributed by atoms with Gasteiger partial charge in [0.15, 0.2) is 0 Å². The Balaban J connectivity index is 2.44. The molecule has 0 aliphatic heterocycles. The van der Waals surface area contributed by atoms with E-state index in [0.29, 0.717) is 17.9 Å². The molecule has 0 aliphatic rings. The molecule has 0 bridgehead atoms. The number of esters is 1. The van der Waals surface area contributed by atoms with E-state index in [0.717, 1.165) is 0 Å². The van der Waals surface area contributed by atoms with Crippen molar-refractivity contribution in [3.05, 3.63) is 29.8 Å². The number of anilines is 1. The zero-order valence-corrected chi connectivity index (χ0v) is 10.6. The van der Waals surface area contributed by atoms with Crippen LogP contribution in [0.1, 0.15) is 30.1 Å². The number of nitrogens with one attached hydrogen (secondary N) is 1. The average Bonchev–Trinajstić information content (AvgIpc) is 2.37. The highest BCUT2D eigenvalue weighted by Crippen LogP contribution is 2.10. The molecule has 0 saturated carbocycles. The van der Waals surface area contributed by atoms with Gasteiger partial charge in [-0.15, -0.1) is 0 Å². The molecule has 102 valence electrons. The second kappa shape index (κ2) is 7.15. The van der Waals surface area contributed by atoms with Crippen LogP contribution in [0.5, 0.6) is 0 Å². The first-order valence-electron chi connectivity index (χ1n) is 5.88. The van der Waals surface area contributed by atoms with Crippen molar-refractivity contribution in [3.8, 4) is 0 Å². The van der Waals surface area contributed by atoms with Crippen molar-refractivity contribution in [2.75, 3.05) is 11.9 Å². The molecule has 0 atom stereocenters. The lowest BCUT2D eigenvalue weighted by atomic mass is 10.2. The number of primary amides is 1. The molecule has 1 rings (SSSR count). The zero-order chi connectivity index (χ0) is 14.3. The van der Waals surface area contributed by atoms with Crippen LogP contribution in [-0.2, 0) is 14.3 Å². The van der Waals surface area contributed by atoms with Crippen molar-refractivity contribution >= 4 is 23.5 Å². The summed E-state index contributed by atoms with van der Waals surface area (Å²) in [7, 11) is 0. The standard InChI is InChI=1S/C13H16N2O4/c1-2-19-12(17)8-7-11(16)15-10-5-3-9(4-6-10)13(14)18/h3-6H,2,7-8H2,1H3,(H2,14,18)(H,15,16). The van der Waals surface area contributed by atoms with E-state index in [1.807, 2.05) is 0 Å². The van der Waals surface area contributed by atoms with Crippen LogP contribution in [0, 0.1) is 0 Å². The van der Waals surface area contributed by atoms with E-state index in [-0.39, 0.29) is 18.7 Å². The summed E-state index contributed by atoms with van der Waals surface area (Å²) >= 11 is 0. The van der Waals surface area contributed by atoms with Crippen molar-refractivity contribution in [2.24, 2.45) is 5.73 Å². The Labute approximate surface area is 110 Å². The van der Waals surface area contributed by atoms with E-state index in [1.54, 1.807) is 19.1 Å². The number of carbonyl (C=O) groups excluding carboxylic acids is 3. The molecule has 1 aromatic rings. The van der Waals surface area contributed by atoms with Crippen LogP contribution in [0.4, 0.5) is 5.69 Å². The Morgan fingerprint density at radius 1 is 1.16 bits per heavy atom. The van der Waals surface area contributed by atoms with Gasteiger partial charge in [-0.1, -0.05) is 0 Å². The molecule has 0 unspecified atom stereocenters. The highest BCUT2D eigenvalue weighted by Gasteiger charge is 2.08. The molecule has 0 fully saturated rings. The fraction of sp³-hybridized carbons (Fsp3) is 0.308. The third-order valence-corrected chi connectivity index (χ3v) is 2.31. The lowest BCUT2D eigenvalue weighted by Crippen LogP contribution is -2.15. The van der Waals surface area contributed by atoms with Crippen molar-refractivity contribution in [2.45, 2.75) is 19.8 Å². The van der Waals surface area contributed by atoms with Gasteiger partial charge in [0.2, 0.25) is 11.8 Å². The molecule has 0 heterocycles. The molecule has 0 spiro atoms. The van der Waals surface area contributed by atoms with Gasteiger partial charge in [-0.25, -0.2) is 0 Å². The van der Waals surface area contributed by atoms with Crippen molar-refractivity contribution in [1.82, 2.24) is 0 Å². The Hall–Kier alpha value is -2.37. The maximum absolute atomic E-state index is 11.5.